The lowest BCUT2D eigenvalue weighted by Gasteiger charge is -2.27. The molecule has 0 saturated carbocycles. The number of rotatable bonds is 4. The third-order valence-electron chi connectivity index (χ3n) is 3.30. The van der Waals surface area contributed by atoms with Gasteiger partial charge in [0.15, 0.2) is 0 Å². The predicted molar refractivity (Wildman–Crippen MR) is 88.0 cm³/mol. The van der Waals surface area contributed by atoms with Gasteiger partial charge < -0.3 is 5.32 Å². The zero-order valence-corrected chi connectivity index (χ0v) is 13.9. The second-order valence-electron chi connectivity index (χ2n) is 4.79. The molecular weight excluding hydrogens is 314 g/mol. The summed E-state index contributed by atoms with van der Waals surface area (Å²) in [5.74, 6) is 0. The first kappa shape index (κ1) is 14.0. The number of fused-ring (bicyclic) bond motifs is 1. The number of halogens is 1. The molecule has 2 atom stereocenters. The summed E-state index contributed by atoms with van der Waals surface area (Å²) < 4.78 is 2.38. The molecule has 1 aliphatic heterocycles. The van der Waals surface area contributed by atoms with E-state index in [1.54, 1.807) is 11.3 Å². The van der Waals surface area contributed by atoms with E-state index in [1.165, 1.54) is 21.1 Å². The van der Waals surface area contributed by atoms with Crippen LogP contribution >= 0.6 is 46.0 Å². The maximum absolute atomic E-state index is 5.96. The summed E-state index contributed by atoms with van der Waals surface area (Å²) in [6.45, 7) is 3.34. The first-order chi connectivity index (χ1) is 9.22. The molecule has 0 aromatic carbocycles. The number of thiophene rings is 2. The van der Waals surface area contributed by atoms with Crippen molar-refractivity contribution in [2.75, 3.05) is 6.54 Å². The van der Waals surface area contributed by atoms with Crippen molar-refractivity contribution in [1.82, 2.24) is 5.32 Å². The fourth-order valence-electron chi connectivity index (χ4n) is 2.40. The van der Waals surface area contributed by atoms with Crippen molar-refractivity contribution < 1.29 is 0 Å². The Balaban J connectivity index is 1.59. The standard InChI is InChI=1S/C14H16ClNS3/c1-9-8-12(11-5-7-17-14(11)18-9)16-6-4-10-2-3-13(15)19-10/h2-3,5,7,9,12,16H,4,6,8H2,1H3/t9-,12?/m0/s1. The number of hydrogen-bond donors (Lipinski definition) is 1. The molecule has 3 heterocycles. The first-order valence-electron chi connectivity index (χ1n) is 6.44. The summed E-state index contributed by atoms with van der Waals surface area (Å²) in [6.07, 6.45) is 2.29. The monoisotopic (exact) mass is 329 g/mol. The molecule has 0 saturated heterocycles. The quantitative estimate of drug-likeness (QED) is 0.825. The Morgan fingerprint density at radius 3 is 3.05 bits per heavy atom. The second kappa shape index (κ2) is 6.19. The minimum atomic E-state index is 0.521. The Morgan fingerprint density at radius 1 is 1.37 bits per heavy atom. The highest BCUT2D eigenvalue weighted by Gasteiger charge is 2.25. The lowest BCUT2D eigenvalue weighted by Crippen LogP contribution is -2.27. The first-order valence-corrected chi connectivity index (χ1v) is 9.39. The van der Waals surface area contributed by atoms with Crippen LogP contribution in [0.2, 0.25) is 4.34 Å². The van der Waals surface area contributed by atoms with Crippen LogP contribution in [0.1, 0.15) is 29.8 Å². The smallest absolute Gasteiger partial charge is 0.0931 e. The molecule has 2 aromatic rings. The molecule has 0 bridgehead atoms. The van der Waals surface area contributed by atoms with E-state index in [9.17, 15) is 0 Å². The molecule has 19 heavy (non-hydrogen) atoms. The van der Waals surface area contributed by atoms with Crippen LogP contribution < -0.4 is 5.32 Å². The Kier molecular flexibility index (Phi) is 4.54. The Bertz CT molecular complexity index is 548. The molecule has 3 rings (SSSR count). The fraction of sp³-hybridized carbons (Fsp3) is 0.429. The van der Waals surface area contributed by atoms with Crippen molar-refractivity contribution in [2.24, 2.45) is 0 Å². The van der Waals surface area contributed by atoms with Gasteiger partial charge in [0.25, 0.3) is 0 Å². The molecule has 102 valence electrons. The van der Waals surface area contributed by atoms with Gasteiger partial charge in [-0.2, -0.15) is 0 Å². The number of hydrogen-bond acceptors (Lipinski definition) is 4. The van der Waals surface area contributed by atoms with E-state index in [2.05, 4.69) is 29.8 Å². The average Bonchev–Trinajstić information content (AvgIpc) is 2.98. The maximum atomic E-state index is 5.96. The lowest BCUT2D eigenvalue weighted by molar-refractivity contribution is 0.493. The fourth-order valence-corrected chi connectivity index (χ4v) is 6.05. The second-order valence-corrected chi connectivity index (χ2v) is 9.21. The van der Waals surface area contributed by atoms with Crippen molar-refractivity contribution in [1.29, 1.82) is 0 Å². The minimum Gasteiger partial charge on any atom is -0.309 e. The molecule has 0 radical (unpaired) electrons. The highest BCUT2D eigenvalue weighted by molar-refractivity contribution is 8.01. The van der Waals surface area contributed by atoms with E-state index in [1.807, 2.05) is 29.2 Å². The summed E-state index contributed by atoms with van der Waals surface area (Å²) in [4.78, 5) is 1.36. The molecule has 2 aromatic heterocycles. The Labute approximate surface area is 131 Å². The van der Waals surface area contributed by atoms with Crippen LogP contribution in [0.25, 0.3) is 0 Å². The van der Waals surface area contributed by atoms with Gasteiger partial charge in [0.2, 0.25) is 0 Å². The molecule has 5 heteroatoms. The Hall–Kier alpha value is -0.000000000000000111. The molecular formula is C14H16ClNS3. The minimum absolute atomic E-state index is 0.521. The van der Waals surface area contributed by atoms with Gasteiger partial charge in [-0.15, -0.1) is 34.4 Å². The predicted octanol–water partition coefficient (Wildman–Crippen LogP) is 5.22. The van der Waals surface area contributed by atoms with Crippen LogP contribution in [-0.2, 0) is 6.42 Å². The van der Waals surface area contributed by atoms with Gasteiger partial charge in [0.1, 0.15) is 0 Å². The summed E-state index contributed by atoms with van der Waals surface area (Å²) in [7, 11) is 0. The molecule has 0 amide bonds. The molecule has 1 N–H and O–H groups in total. The van der Waals surface area contributed by atoms with Gasteiger partial charge in [0.05, 0.1) is 8.55 Å². The summed E-state index contributed by atoms with van der Waals surface area (Å²) >= 11 is 11.5. The molecule has 0 fully saturated rings. The van der Waals surface area contributed by atoms with Crippen LogP contribution in [-0.4, -0.2) is 11.8 Å². The van der Waals surface area contributed by atoms with Gasteiger partial charge >= 0.3 is 0 Å². The highest BCUT2D eigenvalue weighted by Crippen LogP contribution is 2.43. The van der Waals surface area contributed by atoms with Gasteiger partial charge in [-0.3, -0.25) is 0 Å². The van der Waals surface area contributed by atoms with Crippen molar-refractivity contribution in [3.63, 3.8) is 0 Å². The van der Waals surface area contributed by atoms with Crippen LogP contribution in [0.5, 0.6) is 0 Å². The van der Waals surface area contributed by atoms with Gasteiger partial charge in [-0.25, -0.2) is 0 Å². The molecule has 1 nitrogen and oxygen atoms in total. The van der Waals surface area contributed by atoms with Crippen LogP contribution in [0.3, 0.4) is 0 Å². The van der Waals surface area contributed by atoms with Gasteiger partial charge in [-0.1, -0.05) is 18.5 Å². The summed E-state index contributed by atoms with van der Waals surface area (Å²) in [5.41, 5.74) is 1.50. The van der Waals surface area contributed by atoms with E-state index < -0.39 is 0 Å². The maximum Gasteiger partial charge on any atom is 0.0931 e. The molecule has 1 aliphatic rings. The van der Waals surface area contributed by atoms with Crippen LogP contribution in [0.4, 0.5) is 0 Å². The van der Waals surface area contributed by atoms with E-state index in [-0.39, 0.29) is 0 Å². The van der Waals surface area contributed by atoms with Crippen LogP contribution in [0.15, 0.2) is 27.8 Å². The topological polar surface area (TPSA) is 12.0 Å². The van der Waals surface area contributed by atoms with Gasteiger partial charge in [0, 0.05) is 22.7 Å². The summed E-state index contributed by atoms with van der Waals surface area (Å²) in [5, 5.41) is 6.63. The van der Waals surface area contributed by atoms with Crippen molar-refractivity contribution in [3.8, 4) is 0 Å². The summed E-state index contributed by atoms with van der Waals surface area (Å²) in [6, 6.07) is 6.91. The SMILES string of the molecule is C[C@H]1CC(NCCc2ccc(Cl)s2)c2ccsc2S1. The van der Waals surface area contributed by atoms with E-state index in [0.717, 1.165) is 17.3 Å². The normalized spacial score (nSPS) is 22.4. The average molecular weight is 330 g/mol. The van der Waals surface area contributed by atoms with E-state index in [4.69, 9.17) is 11.6 Å². The zero-order valence-electron chi connectivity index (χ0n) is 10.7. The third kappa shape index (κ3) is 3.37. The zero-order chi connectivity index (χ0) is 13.2. The lowest BCUT2D eigenvalue weighted by atomic mass is 10.0. The molecule has 1 unspecified atom stereocenters. The molecule has 0 aliphatic carbocycles. The van der Waals surface area contributed by atoms with E-state index in [0.29, 0.717) is 11.3 Å². The Morgan fingerprint density at radius 2 is 2.26 bits per heavy atom. The van der Waals surface area contributed by atoms with E-state index >= 15 is 0 Å². The largest absolute Gasteiger partial charge is 0.309 e. The number of nitrogens with one attached hydrogen (secondary N) is 1. The molecule has 0 spiro atoms. The van der Waals surface area contributed by atoms with Crippen LogP contribution in [0, 0.1) is 0 Å². The van der Waals surface area contributed by atoms with Crippen molar-refractivity contribution in [2.45, 2.75) is 35.3 Å². The van der Waals surface area contributed by atoms with Gasteiger partial charge in [-0.05, 0) is 42.0 Å². The van der Waals surface area contributed by atoms with Crippen molar-refractivity contribution >= 4 is 46.0 Å². The van der Waals surface area contributed by atoms with Crippen molar-refractivity contribution in [3.05, 3.63) is 38.4 Å². The highest BCUT2D eigenvalue weighted by atomic mass is 35.5. The number of thioether (sulfide) groups is 1. The third-order valence-corrected chi connectivity index (χ3v) is 6.94.